The van der Waals surface area contributed by atoms with E-state index in [0.29, 0.717) is 6.54 Å². The van der Waals surface area contributed by atoms with Crippen LogP contribution in [0.25, 0.3) is 0 Å². The predicted octanol–water partition coefficient (Wildman–Crippen LogP) is -0.924. The summed E-state index contributed by atoms with van der Waals surface area (Å²) in [7, 11) is 1.52. The molecular weight excluding hydrogens is 218 g/mol. The van der Waals surface area contributed by atoms with Crippen LogP contribution in [0.15, 0.2) is 0 Å². The average Bonchev–Trinajstić information content (AvgIpc) is 2.20. The minimum atomic E-state index is -0.0392. The molecule has 1 rings (SSSR count). The number of methoxy groups -OCH3 is 1. The number of amides is 1. The number of halogens is 1. The lowest BCUT2D eigenvalue weighted by Gasteiger charge is -2.27. The first kappa shape index (κ1) is 14.6. The number of nitrogens with one attached hydrogen (secondary N) is 2. The Morgan fingerprint density at radius 3 is 2.73 bits per heavy atom. The third-order valence-corrected chi connectivity index (χ3v) is 2.24. The fraction of sp³-hybridized carbons (Fsp3) is 0.889. The van der Waals surface area contributed by atoms with E-state index >= 15 is 0 Å². The molecule has 0 spiro atoms. The number of nitrogens with zero attached hydrogens (tertiary/aromatic N) is 1. The maximum Gasteiger partial charge on any atom is 0.246 e. The lowest BCUT2D eigenvalue weighted by molar-refractivity contribution is -0.124. The maximum atomic E-state index is 11.0. The molecule has 0 unspecified atom stereocenters. The van der Waals surface area contributed by atoms with Crippen molar-refractivity contribution >= 4 is 18.3 Å². The molecule has 1 aliphatic heterocycles. The monoisotopic (exact) mass is 237 g/mol. The second kappa shape index (κ2) is 8.91. The highest BCUT2D eigenvalue weighted by molar-refractivity contribution is 5.85. The van der Waals surface area contributed by atoms with Gasteiger partial charge in [-0.05, 0) is 0 Å². The Morgan fingerprint density at radius 1 is 1.47 bits per heavy atom. The van der Waals surface area contributed by atoms with Crippen LogP contribution < -0.4 is 10.6 Å². The number of carbonyl (C=O) groups excluding carboxylic acids is 1. The molecule has 0 aromatic heterocycles. The standard InChI is InChI=1S/C9H19N3O2.ClH/c1-14-8-9(13)11-4-7-12-5-2-10-3-6-12;/h10H,2-8H2,1H3,(H,11,13);1H. The van der Waals surface area contributed by atoms with Crippen molar-refractivity contribution in [1.29, 1.82) is 0 Å². The molecule has 0 saturated carbocycles. The highest BCUT2D eigenvalue weighted by Crippen LogP contribution is 1.89. The van der Waals surface area contributed by atoms with Crippen molar-refractivity contribution in [2.45, 2.75) is 0 Å². The maximum absolute atomic E-state index is 11.0. The van der Waals surface area contributed by atoms with Gasteiger partial charge in [0.15, 0.2) is 0 Å². The second-order valence-corrected chi connectivity index (χ2v) is 3.37. The minimum absolute atomic E-state index is 0. The van der Waals surface area contributed by atoms with Gasteiger partial charge in [-0.15, -0.1) is 12.4 Å². The predicted molar refractivity (Wildman–Crippen MR) is 61.4 cm³/mol. The Hall–Kier alpha value is -0.360. The smallest absolute Gasteiger partial charge is 0.246 e. The molecule has 1 fully saturated rings. The van der Waals surface area contributed by atoms with E-state index < -0.39 is 0 Å². The van der Waals surface area contributed by atoms with E-state index in [1.165, 1.54) is 7.11 Å². The summed E-state index contributed by atoms with van der Waals surface area (Å²) in [5.41, 5.74) is 0. The lowest BCUT2D eigenvalue weighted by Crippen LogP contribution is -2.46. The molecule has 0 aromatic carbocycles. The van der Waals surface area contributed by atoms with E-state index in [1.807, 2.05) is 0 Å². The first-order chi connectivity index (χ1) is 6.83. The fourth-order valence-corrected chi connectivity index (χ4v) is 1.47. The molecule has 5 nitrogen and oxygen atoms in total. The number of hydrogen-bond acceptors (Lipinski definition) is 4. The number of rotatable bonds is 5. The van der Waals surface area contributed by atoms with Crippen molar-refractivity contribution in [3.63, 3.8) is 0 Å². The van der Waals surface area contributed by atoms with Gasteiger partial charge in [0, 0.05) is 46.4 Å². The van der Waals surface area contributed by atoms with Gasteiger partial charge in [-0.2, -0.15) is 0 Å². The van der Waals surface area contributed by atoms with Gasteiger partial charge >= 0.3 is 0 Å². The summed E-state index contributed by atoms with van der Waals surface area (Å²) < 4.78 is 4.71. The topological polar surface area (TPSA) is 53.6 Å². The number of hydrogen-bond donors (Lipinski definition) is 2. The molecule has 15 heavy (non-hydrogen) atoms. The van der Waals surface area contributed by atoms with Crippen LogP contribution in [0, 0.1) is 0 Å². The summed E-state index contributed by atoms with van der Waals surface area (Å²) in [6.07, 6.45) is 0. The van der Waals surface area contributed by atoms with Gasteiger partial charge in [0.25, 0.3) is 0 Å². The Bertz CT molecular complexity index is 175. The van der Waals surface area contributed by atoms with Gasteiger partial charge < -0.3 is 15.4 Å². The summed E-state index contributed by atoms with van der Waals surface area (Å²) in [4.78, 5) is 13.4. The molecule has 0 aromatic rings. The average molecular weight is 238 g/mol. The number of ether oxygens (including phenoxy) is 1. The summed E-state index contributed by atoms with van der Waals surface area (Å²) in [5.74, 6) is -0.0392. The van der Waals surface area contributed by atoms with E-state index in [2.05, 4.69) is 15.5 Å². The molecular formula is C9H20ClN3O2. The third kappa shape index (κ3) is 6.67. The van der Waals surface area contributed by atoms with Crippen LogP contribution in [-0.2, 0) is 9.53 Å². The van der Waals surface area contributed by atoms with E-state index in [-0.39, 0.29) is 24.9 Å². The van der Waals surface area contributed by atoms with Gasteiger partial charge in [-0.1, -0.05) is 0 Å². The Kier molecular flexibility index (Phi) is 8.70. The van der Waals surface area contributed by atoms with Gasteiger partial charge in [0.2, 0.25) is 5.91 Å². The summed E-state index contributed by atoms with van der Waals surface area (Å²) >= 11 is 0. The van der Waals surface area contributed by atoms with Gasteiger partial charge in [0.1, 0.15) is 6.61 Å². The van der Waals surface area contributed by atoms with Crippen molar-refractivity contribution < 1.29 is 9.53 Å². The Morgan fingerprint density at radius 2 is 2.13 bits per heavy atom. The van der Waals surface area contributed by atoms with Gasteiger partial charge in [0.05, 0.1) is 0 Å². The quantitative estimate of drug-likeness (QED) is 0.649. The van der Waals surface area contributed by atoms with Crippen LogP contribution in [-0.4, -0.2) is 63.8 Å². The molecule has 0 atom stereocenters. The lowest BCUT2D eigenvalue weighted by atomic mass is 10.3. The van der Waals surface area contributed by atoms with E-state index in [4.69, 9.17) is 4.74 Å². The summed E-state index contributed by atoms with van der Waals surface area (Å²) in [6, 6.07) is 0. The first-order valence-electron chi connectivity index (χ1n) is 5.01. The zero-order chi connectivity index (χ0) is 10.2. The SMILES string of the molecule is COCC(=O)NCCN1CCNCC1.Cl. The molecule has 90 valence electrons. The second-order valence-electron chi connectivity index (χ2n) is 3.37. The van der Waals surface area contributed by atoms with E-state index in [9.17, 15) is 4.79 Å². The third-order valence-electron chi connectivity index (χ3n) is 2.24. The fourth-order valence-electron chi connectivity index (χ4n) is 1.47. The van der Waals surface area contributed by atoms with Gasteiger partial charge in [-0.25, -0.2) is 0 Å². The van der Waals surface area contributed by atoms with Gasteiger partial charge in [-0.3, -0.25) is 9.69 Å². The Balaban J connectivity index is 0.00000196. The van der Waals surface area contributed by atoms with Crippen LogP contribution in [0.5, 0.6) is 0 Å². The molecule has 1 aliphatic rings. The molecule has 0 bridgehead atoms. The minimum Gasteiger partial charge on any atom is -0.375 e. The van der Waals surface area contributed by atoms with Crippen LogP contribution in [0.2, 0.25) is 0 Å². The zero-order valence-electron chi connectivity index (χ0n) is 9.12. The van der Waals surface area contributed by atoms with Crippen LogP contribution in [0.3, 0.4) is 0 Å². The number of piperazine rings is 1. The molecule has 0 aliphatic carbocycles. The molecule has 0 radical (unpaired) electrons. The number of carbonyl (C=O) groups is 1. The van der Waals surface area contributed by atoms with Crippen molar-refractivity contribution in [1.82, 2.24) is 15.5 Å². The highest BCUT2D eigenvalue weighted by Gasteiger charge is 2.08. The summed E-state index contributed by atoms with van der Waals surface area (Å²) in [6.45, 7) is 6.03. The van der Waals surface area contributed by atoms with Crippen LogP contribution in [0.1, 0.15) is 0 Å². The molecule has 1 heterocycles. The molecule has 6 heteroatoms. The van der Waals surface area contributed by atoms with Crippen molar-refractivity contribution in [2.75, 3.05) is 53.0 Å². The van der Waals surface area contributed by atoms with Crippen molar-refractivity contribution in [3.05, 3.63) is 0 Å². The van der Waals surface area contributed by atoms with Crippen molar-refractivity contribution in [2.24, 2.45) is 0 Å². The van der Waals surface area contributed by atoms with Crippen LogP contribution >= 0.6 is 12.4 Å². The summed E-state index contributed by atoms with van der Waals surface area (Å²) in [5, 5.41) is 6.09. The van der Waals surface area contributed by atoms with E-state index in [0.717, 1.165) is 32.7 Å². The zero-order valence-corrected chi connectivity index (χ0v) is 9.94. The highest BCUT2D eigenvalue weighted by atomic mass is 35.5. The van der Waals surface area contributed by atoms with Crippen LogP contribution in [0.4, 0.5) is 0 Å². The molecule has 1 saturated heterocycles. The molecule has 1 amide bonds. The van der Waals surface area contributed by atoms with E-state index in [1.54, 1.807) is 0 Å². The largest absolute Gasteiger partial charge is 0.375 e. The Labute approximate surface area is 96.9 Å². The first-order valence-corrected chi connectivity index (χ1v) is 5.01. The normalized spacial score (nSPS) is 16.9. The van der Waals surface area contributed by atoms with Crippen molar-refractivity contribution in [3.8, 4) is 0 Å². The molecule has 2 N–H and O–H groups in total.